The van der Waals surface area contributed by atoms with Crippen LogP contribution in [0.1, 0.15) is 58.4 Å². The van der Waals surface area contributed by atoms with Crippen molar-refractivity contribution in [3.8, 4) is 17.2 Å². The molecule has 5 N–H and O–H groups in total. The molecule has 0 bridgehead atoms. The zero-order valence-electron chi connectivity index (χ0n) is 26.0. The van der Waals surface area contributed by atoms with E-state index in [-0.39, 0.29) is 5.91 Å². The number of amides is 1. The molecule has 0 radical (unpaired) electrons. The van der Waals surface area contributed by atoms with Crippen LogP contribution in [0.4, 0.5) is 0 Å². The average molecular weight is 608 g/mol. The van der Waals surface area contributed by atoms with E-state index in [2.05, 4.69) is 25.4 Å². The Hall–Kier alpha value is -2.75. The normalized spacial score (nSPS) is 10.8. The molecule has 0 atom stereocenters. The van der Waals surface area contributed by atoms with E-state index in [9.17, 15) is 4.79 Å². The molecule has 0 unspecified atom stereocenters. The molecule has 7 nitrogen and oxygen atoms in total. The van der Waals surface area contributed by atoms with Gasteiger partial charge >= 0.3 is 0 Å². The van der Waals surface area contributed by atoms with Gasteiger partial charge in [0.2, 0.25) is 5.91 Å². The maximum absolute atomic E-state index is 9.82. The predicted molar refractivity (Wildman–Crippen MR) is 183 cm³/mol. The first-order valence-electron chi connectivity index (χ1n) is 13.8. The van der Waals surface area contributed by atoms with Gasteiger partial charge in [-0.25, -0.2) is 0 Å². The summed E-state index contributed by atoms with van der Waals surface area (Å²) in [5, 5.41) is 3.29. The zero-order chi connectivity index (χ0) is 31.3. The van der Waals surface area contributed by atoms with E-state index < -0.39 is 0 Å². The lowest BCUT2D eigenvalue weighted by Crippen LogP contribution is -2.08. The minimum atomic E-state index is -0.211. The van der Waals surface area contributed by atoms with Crippen LogP contribution in [0.25, 0.3) is 6.08 Å². The van der Waals surface area contributed by atoms with Gasteiger partial charge in [0.05, 0.1) is 21.3 Å². The van der Waals surface area contributed by atoms with Gasteiger partial charge in [-0.2, -0.15) is 0 Å². The van der Waals surface area contributed by atoms with Gasteiger partial charge in [0.1, 0.15) is 5.75 Å². The third-order valence-electron chi connectivity index (χ3n) is 4.89. The zero-order valence-corrected chi connectivity index (χ0v) is 27.6. The number of nitrogens with two attached hydrogens (primary N) is 2. The van der Waals surface area contributed by atoms with Crippen molar-refractivity contribution in [3.63, 3.8) is 0 Å². The lowest BCUT2D eigenvalue weighted by Gasteiger charge is -2.12. The summed E-state index contributed by atoms with van der Waals surface area (Å²) in [5.41, 5.74) is 13.2. The summed E-state index contributed by atoms with van der Waals surface area (Å²) in [6.07, 6.45) is 16.4. The van der Waals surface area contributed by atoms with Crippen LogP contribution in [0.2, 0.25) is 0 Å². The fourth-order valence-electron chi connectivity index (χ4n) is 2.90. The highest BCUT2D eigenvalue weighted by Gasteiger charge is 2.09. The molecular formula is C32H53N3O4S2. The summed E-state index contributed by atoms with van der Waals surface area (Å²) in [6.45, 7) is 15.6. The summed E-state index contributed by atoms with van der Waals surface area (Å²) >= 11 is 0. The van der Waals surface area contributed by atoms with Crippen LogP contribution in [-0.4, -0.2) is 51.8 Å². The second kappa shape index (κ2) is 28.8. The quantitative estimate of drug-likeness (QED) is 0.0650. The Kier molecular flexibility index (Phi) is 28.3. The van der Waals surface area contributed by atoms with Crippen LogP contribution >= 0.6 is 21.6 Å². The SMILES string of the molecule is C=C/C=C(\C=C/NCCCC(=C)C)/C=C/c1cc(OC)c(OC)cc1OC.CCCC(N)=O.CCCSSCCN. The molecule has 9 heteroatoms. The molecule has 0 saturated heterocycles. The molecule has 1 aromatic rings. The van der Waals surface area contributed by atoms with E-state index in [1.165, 1.54) is 17.7 Å². The number of rotatable bonds is 19. The highest BCUT2D eigenvalue weighted by atomic mass is 33.1. The van der Waals surface area contributed by atoms with Crippen molar-refractivity contribution >= 4 is 33.6 Å². The van der Waals surface area contributed by atoms with Crippen molar-refractivity contribution < 1.29 is 19.0 Å². The van der Waals surface area contributed by atoms with E-state index in [0.717, 1.165) is 49.2 Å². The molecule has 0 aliphatic carbocycles. The monoisotopic (exact) mass is 607 g/mol. The van der Waals surface area contributed by atoms with Crippen molar-refractivity contribution in [1.82, 2.24) is 5.32 Å². The summed E-state index contributed by atoms with van der Waals surface area (Å²) in [6, 6.07) is 3.70. The van der Waals surface area contributed by atoms with E-state index >= 15 is 0 Å². The molecule has 0 aromatic heterocycles. The van der Waals surface area contributed by atoms with E-state index in [1.807, 2.05) is 78.1 Å². The van der Waals surface area contributed by atoms with E-state index in [1.54, 1.807) is 27.4 Å². The van der Waals surface area contributed by atoms with Crippen molar-refractivity contribution in [3.05, 3.63) is 72.5 Å². The second-order valence-corrected chi connectivity index (χ2v) is 11.4. The predicted octanol–water partition coefficient (Wildman–Crippen LogP) is 7.31. The van der Waals surface area contributed by atoms with Gasteiger partial charge in [-0.15, -0.1) is 6.58 Å². The van der Waals surface area contributed by atoms with Gasteiger partial charge in [0.25, 0.3) is 0 Å². The van der Waals surface area contributed by atoms with Crippen LogP contribution in [-0.2, 0) is 4.79 Å². The molecule has 0 aliphatic rings. The highest BCUT2D eigenvalue weighted by molar-refractivity contribution is 8.76. The highest BCUT2D eigenvalue weighted by Crippen LogP contribution is 2.35. The minimum absolute atomic E-state index is 0.211. The van der Waals surface area contributed by atoms with Gasteiger partial charge in [0.15, 0.2) is 11.5 Å². The van der Waals surface area contributed by atoms with Crippen molar-refractivity contribution in [2.75, 3.05) is 45.9 Å². The average Bonchev–Trinajstić information content (AvgIpc) is 2.95. The van der Waals surface area contributed by atoms with Crippen molar-refractivity contribution in [2.24, 2.45) is 11.5 Å². The van der Waals surface area contributed by atoms with E-state index in [4.69, 9.17) is 25.7 Å². The number of allylic oxidation sites excluding steroid dienone is 6. The fourth-order valence-corrected chi connectivity index (χ4v) is 4.89. The molecule has 1 rings (SSSR count). The van der Waals surface area contributed by atoms with Crippen LogP contribution < -0.4 is 31.0 Å². The van der Waals surface area contributed by atoms with E-state index in [0.29, 0.717) is 23.7 Å². The summed E-state index contributed by atoms with van der Waals surface area (Å²) < 4.78 is 16.2. The van der Waals surface area contributed by atoms with Crippen LogP contribution in [0.3, 0.4) is 0 Å². The molecule has 0 fully saturated rings. The number of methoxy groups -OCH3 is 3. The molecule has 0 spiro atoms. The number of ether oxygens (including phenoxy) is 3. The number of hydrogen-bond donors (Lipinski definition) is 3. The molecule has 1 amide bonds. The van der Waals surface area contributed by atoms with Crippen LogP contribution in [0.5, 0.6) is 17.2 Å². The Balaban J connectivity index is 0. The maximum Gasteiger partial charge on any atom is 0.217 e. The first-order valence-corrected chi connectivity index (χ1v) is 16.3. The smallest absolute Gasteiger partial charge is 0.217 e. The minimum Gasteiger partial charge on any atom is -0.496 e. The standard InChI is InChI=1S/C23H31NO3.C5H13NS2.C4H9NO/c1-7-9-19(13-15-24-14-8-10-18(2)3)11-12-20-16-22(26-5)23(27-6)17-21(20)25-4;1-2-4-7-8-5-3-6;1-2-3-4(5)6/h7,9,11-13,15-17,24H,1-2,8,10,14H2,3-6H3;2-6H2,1H3;2-3H2,1H3,(H2,5,6)/b12-11+,15-13-,19-9-;;. The number of primary amides is 1. The first kappa shape index (κ1) is 40.4. The Morgan fingerprint density at radius 2 is 1.61 bits per heavy atom. The molecule has 1 aromatic carbocycles. The number of hydrogen-bond acceptors (Lipinski definition) is 8. The second-order valence-electron chi connectivity index (χ2n) is 8.68. The van der Waals surface area contributed by atoms with Crippen LogP contribution in [0, 0.1) is 0 Å². The third kappa shape index (κ3) is 23.6. The molecule has 41 heavy (non-hydrogen) atoms. The Labute approximate surface area is 257 Å². The lowest BCUT2D eigenvalue weighted by molar-refractivity contribution is -0.118. The molecular weight excluding hydrogens is 555 g/mol. The van der Waals surface area contributed by atoms with Crippen LogP contribution in [0.15, 0.2) is 66.9 Å². The third-order valence-corrected chi connectivity index (χ3v) is 7.53. The summed E-state index contributed by atoms with van der Waals surface area (Å²) in [7, 11) is 8.63. The van der Waals surface area contributed by atoms with Gasteiger partial charge < -0.3 is 31.0 Å². The van der Waals surface area contributed by atoms with Gasteiger partial charge in [0, 0.05) is 42.6 Å². The fraction of sp³-hybridized carbons (Fsp3) is 0.469. The summed E-state index contributed by atoms with van der Waals surface area (Å²) in [5.74, 6) is 4.13. The maximum atomic E-state index is 9.82. The van der Waals surface area contributed by atoms with Crippen molar-refractivity contribution in [1.29, 1.82) is 0 Å². The number of benzene rings is 1. The summed E-state index contributed by atoms with van der Waals surface area (Å²) in [4.78, 5) is 9.82. The number of nitrogens with one attached hydrogen (secondary N) is 1. The lowest BCUT2D eigenvalue weighted by atomic mass is 10.1. The molecule has 232 valence electrons. The van der Waals surface area contributed by atoms with Crippen molar-refractivity contribution in [2.45, 2.75) is 52.9 Å². The largest absolute Gasteiger partial charge is 0.496 e. The Morgan fingerprint density at radius 1 is 0.976 bits per heavy atom. The first-order chi connectivity index (χ1) is 19.7. The number of carbonyl (C=O) groups excluding carboxylic acids is 1. The molecule has 0 aliphatic heterocycles. The van der Waals surface area contributed by atoms with Gasteiger partial charge in [-0.3, -0.25) is 4.79 Å². The molecule has 0 heterocycles. The molecule has 0 saturated carbocycles. The van der Waals surface area contributed by atoms with Gasteiger partial charge in [-0.05, 0) is 56.5 Å². The number of carbonyl (C=O) groups is 1. The Morgan fingerprint density at radius 3 is 2.10 bits per heavy atom. The Bertz CT molecular complexity index is 941. The van der Waals surface area contributed by atoms with Gasteiger partial charge in [-0.1, -0.05) is 71.9 Å². The topological polar surface area (TPSA) is 109 Å².